The Morgan fingerprint density at radius 2 is 1.24 bits per heavy atom. The standard InChI is InChI=1S/C14H33N3/c1-4-7-8-9-10-11-12-17(13(15)5-2)14(16)6-3/h13-14H,4-12,15-16H2,1-3H3. The second-order valence-electron chi connectivity index (χ2n) is 4.96. The molecule has 0 saturated heterocycles. The van der Waals surface area contributed by atoms with Crippen LogP contribution in [0.4, 0.5) is 0 Å². The number of unbranched alkanes of at least 4 members (excludes halogenated alkanes) is 5. The highest BCUT2D eigenvalue weighted by atomic mass is 15.3. The van der Waals surface area contributed by atoms with Gasteiger partial charge in [0.2, 0.25) is 0 Å². The minimum Gasteiger partial charge on any atom is -0.316 e. The monoisotopic (exact) mass is 243 g/mol. The van der Waals surface area contributed by atoms with Gasteiger partial charge < -0.3 is 11.5 Å². The second kappa shape index (κ2) is 11.0. The van der Waals surface area contributed by atoms with Crippen LogP contribution < -0.4 is 11.5 Å². The zero-order valence-electron chi connectivity index (χ0n) is 12.1. The van der Waals surface area contributed by atoms with Gasteiger partial charge >= 0.3 is 0 Å². The van der Waals surface area contributed by atoms with Crippen LogP contribution in [0.5, 0.6) is 0 Å². The van der Waals surface area contributed by atoms with E-state index in [1.165, 1.54) is 38.5 Å². The first-order valence-electron chi connectivity index (χ1n) is 7.44. The third kappa shape index (κ3) is 7.74. The van der Waals surface area contributed by atoms with E-state index >= 15 is 0 Å². The molecule has 0 aromatic heterocycles. The fourth-order valence-electron chi connectivity index (χ4n) is 2.12. The maximum Gasteiger partial charge on any atom is 0.0582 e. The van der Waals surface area contributed by atoms with Crippen LogP contribution in [-0.2, 0) is 0 Å². The van der Waals surface area contributed by atoms with Gasteiger partial charge in [-0.2, -0.15) is 0 Å². The SMILES string of the molecule is CCCCCCCCN(C(N)CC)C(N)CC. The number of hydrogen-bond donors (Lipinski definition) is 2. The van der Waals surface area contributed by atoms with E-state index in [1.807, 2.05) is 0 Å². The third-order valence-electron chi connectivity index (χ3n) is 3.46. The highest BCUT2D eigenvalue weighted by molar-refractivity contribution is 4.70. The van der Waals surface area contributed by atoms with Crippen molar-refractivity contribution >= 4 is 0 Å². The van der Waals surface area contributed by atoms with Crippen LogP contribution in [0.15, 0.2) is 0 Å². The van der Waals surface area contributed by atoms with Gasteiger partial charge in [0.15, 0.2) is 0 Å². The fraction of sp³-hybridized carbons (Fsp3) is 1.00. The molecule has 2 atom stereocenters. The summed E-state index contributed by atoms with van der Waals surface area (Å²) < 4.78 is 0. The third-order valence-corrected chi connectivity index (χ3v) is 3.46. The van der Waals surface area contributed by atoms with Crippen molar-refractivity contribution in [2.75, 3.05) is 6.54 Å². The lowest BCUT2D eigenvalue weighted by Gasteiger charge is -2.33. The first-order chi connectivity index (χ1) is 8.17. The maximum atomic E-state index is 6.10. The normalized spacial score (nSPS) is 15.2. The topological polar surface area (TPSA) is 55.3 Å². The molecule has 17 heavy (non-hydrogen) atoms. The number of hydrogen-bond acceptors (Lipinski definition) is 3. The van der Waals surface area contributed by atoms with Gasteiger partial charge in [-0.3, -0.25) is 4.90 Å². The van der Waals surface area contributed by atoms with Gasteiger partial charge in [-0.15, -0.1) is 0 Å². The van der Waals surface area contributed by atoms with Gasteiger partial charge in [-0.25, -0.2) is 0 Å². The Labute approximate surface area is 108 Å². The summed E-state index contributed by atoms with van der Waals surface area (Å²) >= 11 is 0. The highest BCUT2D eigenvalue weighted by Gasteiger charge is 2.17. The number of nitrogens with two attached hydrogens (primary N) is 2. The summed E-state index contributed by atoms with van der Waals surface area (Å²) in [5, 5.41) is 0. The van der Waals surface area contributed by atoms with Crippen molar-refractivity contribution in [1.29, 1.82) is 0 Å². The fourth-order valence-corrected chi connectivity index (χ4v) is 2.12. The van der Waals surface area contributed by atoms with Crippen molar-refractivity contribution in [1.82, 2.24) is 4.90 Å². The van der Waals surface area contributed by atoms with E-state index in [4.69, 9.17) is 11.5 Å². The average molecular weight is 243 g/mol. The maximum absolute atomic E-state index is 6.10. The molecule has 0 bridgehead atoms. The molecule has 104 valence electrons. The molecular formula is C14H33N3. The van der Waals surface area contributed by atoms with Crippen molar-refractivity contribution in [3.05, 3.63) is 0 Å². The van der Waals surface area contributed by atoms with Crippen LogP contribution in [-0.4, -0.2) is 23.8 Å². The van der Waals surface area contributed by atoms with Crippen LogP contribution in [0, 0.1) is 0 Å². The lowest BCUT2D eigenvalue weighted by Crippen LogP contribution is -2.51. The lowest BCUT2D eigenvalue weighted by molar-refractivity contribution is 0.128. The molecule has 0 aliphatic carbocycles. The predicted molar refractivity (Wildman–Crippen MR) is 76.6 cm³/mol. The summed E-state index contributed by atoms with van der Waals surface area (Å²) in [4.78, 5) is 2.26. The molecule has 3 heteroatoms. The summed E-state index contributed by atoms with van der Waals surface area (Å²) in [6, 6.07) is 0. The van der Waals surface area contributed by atoms with E-state index in [-0.39, 0.29) is 12.3 Å². The first kappa shape index (κ1) is 16.9. The minimum atomic E-state index is 0.126. The highest BCUT2D eigenvalue weighted by Crippen LogP contribution is 2.10. The molecule has 0 aliphatic heterocycles. The van der Waals surface area contributed by atoms with Gasteiger partial charge in [-0.1, -0.05) is 52.9 Å². The summed E-state index contributed by atoms with van der Waals surface area (Å²) in [7, 11) is 0. The second-order valence-corrected chi connectivity index (χ2v) is 4.96. The molecule has 2 unspecified atom stereocenters. The van der Waals surface area contributed by atoms with Gasteiger partial charge in [0.05, 0.1) is 12.3 Å². The van der Waals surface area contributed by atoms with Crippen molar-refractivity contribution in [2.45, 2.75) is 84.5 Å². The van der Waals surface area contributed by atoms with Crippen LogP contribution >= 0.6 is 0 Å². The van der Waals surface area contributed by atoms with Crippen LogP contribution in [0.1, 0.15) is 72.1 Å². The van der Waals surface area contributed by atoms with E-state index < -0.39 is 0 Å². The molecular weight excluding hydrogens is 210 g/mol. The molecule has 0 rings (SSSR count). The molecule has 0 spiro atoms. The summed E-state index contributed by atoms with van der Waals surface area (Å²) in [5.74, 6) is 0. The zero-order chi connectivity index (χ0) is 13.1. The van der Waals surface area contributed by atoms with E-state index in [9.17, 15) is 0 Å². The quantitative estimate of drug-likeness (QED) is 0.433. The van der Waals surface area contributed by atoms with E-state index in [0.717, 1.165) is 19.4 Å². The molecule has 0 saturated carbocycles. The molecule has 0 amide bonds. The lowest BCUT2D eigenvalue weighted by atomic mass is 10.1. The van der Waals surface area contributed by atoms with Crippen molar-refractivity contribution < 1.29 is 0 Å². The molecule has 0 aromatic carbocycles. The van der Waals surface area contributed by atoms with Gasteiger partial charge in [0.25, 0.3) is 0 Å². The molecule has 3 nitrogen and oxygen atoms in total. The molecule has 0 aromatic rings. The zero-order valence-corrected chi connectivity index (χ0v) is 12.1. The molecule has 4 N–H and O–H groups in total. The number of rotatable bonds is 11. The predicted octanol–water partition coefficient (Wildman–Crippen LogP) is 3.04. The van der Waals surface area contributed by atoms with Gasteiger partial charge in [-0.05, 0) is 19.3 Å². The molecule has 0 fully saturated rings. The van der Waals surface area contributed by atoms with Gasteiger partial charge in [0.1, 0.15) is 0 Å². The van der Waals surface area contributed by atoms with Crippen LogP contribution in [0.25, 0.3) is 0 Å². The van der Waals surface area contributed by atoms with E-state index in [2.05, 4.69) is 25.7 Å². The Morgan fingerprint density at radius 3 is 1.71 bits per heavy atom. The van der Waals surface area contributed by atoms with Crippen molar-refractivity contribution in [3.63, 3.8) is 0 Å². The van der Waals surface area contributed by atoms with Crippen molar-refractivity contribution in [2.24, 2.45) is 11.5 Å². The molecule has 0 aliphatic rings. The Morgan fingerprint density at radius 1 is 0.765 bits per heavy atom. The van der Waals surface area contributed by atoms with Crippen LogP contribution in [0.3, 0.4) is 0 Å². The molecule has 0 heterocycles. The summed E-state index contributed by atoms with van der Waals surface area (Å²) in [6.45, 7) is 7.56. The summed E-state index contributed by atoms with van der Waals surface area (Å²) in [5.41, 5.74) is 12.2. The summed E-state index contributed by atoms with van der Waals surface area (Å²) in [6.07, 6.45) is 10.1. The van der Waals surface area contributed by atoms with Crippen LogP contribution in [0.2, 0.25) is 0 Å². The van der Waals surface area contributed by atoms with E-state index in [0.29, 0.717) is 0 Å². The average Bonchev–Trinajstić information content (AvgIpc) is 2.36. The Bertz CT molecular complexity index is 152. The molecule has 0 radical (unpaired) electrons. The first-order valence-corrected chi connectivity index (χ1v) is 7.44. The Balaban J connectivity index is 3.76. The minimum absolute atomic E-state index is 0.126. The number of nitrogens with zero attached hydrogens (tertiary/aromatic N) is 1. The Hall–Kier alpha value is -0.120. The Kier molecular flexibility index (Phi) is 10.9. The van der Waals surface area contributed by atoms with Crippen molar-refractivity contribution in [3.8, 4) is 0 Å². The van der Waals surface area contributed by atoms with E-state index in [1.54, 1.807) is 0 Å². The smallest absolute Gasteiger partial charge is 0.0582 e. The largest absolute Gasteiger partial charge is 0.316 e. The van der Waals surface area contributed by atoms with Gasteiger partial charge in [0, 0.05) is 6.54 Å².